The number of aryl methyl sites for hydroxylation is 1. The van der Waals surface area contributed by atoms with Gasteiger partial charge in [-0.05, 0) is 170 Å². The highest BCUT2D eigenvalue weighted by Gasteiger charge is 2.52. The molecule has 2 aliphatic rings. The average molecular weight is 1020 g/mol. The van der Waals surface area contributed by atoms with Gasteiger partial charge in [0, 0.05) is 44.3 Å². The van der Waals surface area contributed by atoms with E-state index in [9.17, 15) is 0 Å². The van der Waals surface area contributed by atoms with Crippen LogP contribution >= 0.6 is 0 Å². The Morgan fingerprint density at radius 1 is 0.333 bits per heavy atom. The molecule has 0 aliphatic heterocycles. The number of anilines is 6. The summed E-state index contributed by atoms with van der Waals surface area (Å²) in [6, 6.07) is 90.1. The van der Waals surface area contributed by atoms with Crippen LogP contribution in [0.2, 0.25) is 19.6 Å². The molecule has 0 saturated carbocycles. The van der Waals surface area contributed by atoms with Crippen molar-refractivity contribution in [2.24, 2.45) is 0 Å². The molecule has 370 valence electrons. The number of hydrogen-bond acceptors (Lipinski definition) is 4. The van der Waals surface area contributed by atoms with Crippen LogP contribution in [0.3, 0.4) is 0 Å². The molecule has 14 aromatic rings. The molecular formula is C73H52N2O2Si. The second-order valence-electron chi connectivity index (χ2n) is 22.5. The Morgan fingerprint density at radius 3 is 1.24 bits per heavy atom. The zero-order valence-corrected chi connectivity index (χ0v) is 44.8. The van der Waals surface area contributed by atoms with Gasteiger partial charge in [0.25, 0.3) is 0 Å². The first-order valence-corrected chi connectivity index (χ1v) is 30.6. The van der Waals surface area contributed by atoms with Crippen LogP contribution in [0.4, 0.5) is 34.1 Å². The minimum Gasteiger partial charge on any atom is -0.454 e. The first-order chi connectivity index (χ1) is 38.2. The Hall–Kier alpha value is -9.42. The Bertz CT molecular complexity index is 4760. The molecule has 0 amide bonds. The van der Waals surface area contributed by atoms with E-state index in [0.29, 0.717) is 0 Å². The highest BCUT2D eigenvalue weighted by Crippen LogP contribution is 2.64. The largest absolute Gasteiger partial charge is 0.454 e. The number of fused-ring (bicyclic) bond motifs is 18. The molecule has 0 bridgehead atoms. The molecule has 16 rings (SSSR count). The molecule has 0 N–H and O–H groups in total. The van der Waals surface area contributed by atoms with Crippen LogP contribution in [0.25, 0.3) is 87.7 Å². The summed E-state index contributed by atoms with van der Waals surface area (Å²) >= 11 is 0. The lowest BCUT2D eigenvalue weighted by atomic mass is 9.70. The molecule has 0 atom stereocenters. The van der Waals surface area contributed by atoms with Gasteiger partial charge in [-0.1, -0.05) is 176 Å². The zero-order valence-electron chi connectivity index (χ0n) is 43.8. The van der Waals surface area contributed by atoms with E-state index in [0.717, 1.165) is 78.0 Å². The molecule has 78 heavy (non-hydrogen) atoms. The van der Waals surface area contributed by atoms with Crippen LogP contribution in [-0.2, 0) is 5.41 Å². The molecular weight excluding hydrogens is 965 g/mol. The number of benzene rings is 12. The van der Waals surface area contributed by atoms with E-state index in [1.807, 2.05) is 6.07 Å². The second kappa shape index (κ2) is 16.5. The number of para-hydroxylation sites is 4. The van der Waals surface area contributed by atoms with E-state index < -0.39 is 13.5 Å². The summed E-state index contributed by atoms with van der Waals surface area (Å²) in [5.41, 5.74) is 20.8. The molecule has 0 saturated heterocycles. The van der Waals surface area contributed by atoms with E-state index in [1.165, 1.54) is 76.8 Å². The number of rotatable bonds is 7. The van der Waals surface area contributed by atoms with Crippen LogP contribution < -0.4 is 15.0 Å². The van der Waals surface area contributed by atoms with Gasteiger partial charge < -0.3 is 18.6 Å². The number of furan rings is 2. The fourth-order valence-electron chi connectivity index (χ4n) is 13.4. The SMILES string of the molecule is Cc1ccc(N(c2ccc3cc4c(cc3c2)C2(c3ccccc3-c3ccccc32)c2cc3cc(N(c5ccc([Si](C)(C)C)cc5)c5cccc6c5oc5ccccc56)ccc3cc2-4)c2cccc3c2oc2ccccc23)cc1. The maximum Gasteiger partial charge on any atom is 0.159 e. The van der Waals surface area contributed by atoms with Crippen LogP contribution in [0.5, 0.6) is 0 Å². The molecule has 0 unspecified atom stereocenters. The minimum atomic E-state index is -1.57. The van der Waals surface area contributed by atoms with Crippen LogP contribution in [0, 0.1) is 6.92 Å². The lowest BCUT2D eigenvalue weighted by molar-refractivity contribution is 0.668. The Morgan fingerprint density at radius 2 is 0.756 bits per heavy atom. The molecule has 2 aromatic heterocycles. The summed E-state index contributed by atoms with van der Waals surface area (Å²) in [6.45, 7) is 9.38. The van der Waals surface area contributed by atoms with Crippen molar-refractivity contribution >= 4 is 113 Å². The maximum absolute atomic E-state index is 6.79. The second-order valence-corrected chi connectivity index (χ2v) is 27.6. The van der Waals surface area contributed by atoms with Crippen molar-refractivity contribution in [2.75, 3.05) is 9.80 Å². The van der Waals surface area contributed by atoms with Crippen molar-refractivity contribution in [1.29, 1.82) is 0 Å². The Labute approximate surface area is 453 Å². The average Bonchev–Trinajstić information content (AvgIpc) is 3.77. The van der Waals surface area contributed by atoms with Crippen molar-refractivity contribution < 1.29 is 8.83 Å². The summed E-state index contributed by atoms with van der Waals surface area (Å²) in [6.07, 6.45) is 0. The third-order valence-corrected chi connectivity index (χ3v) is 19.1. The van der Waals surface area contributed by atoms with Crippen molar-refractivity contribution in [1.82, 2.24) is 0 Å². The number of hydrogen-bond donors (Lipinski definition) is 0. The molecule has 0 fully saturated rings. The molecule has 5 heteroatoms. The van der Waals surface area contributed by atoms with Gasteiger partial charge >= 0.3 is 0 Å². The summed E-state index contributed by atoms with van der Waals surface area (Å²) in [5, 5.41) is 10.6. The maximum atomic E-state index is 6.79. The van der Waals surface area contributed by atoms with E-state index >= 15 is 0 Å². The van der Waals surface area contributed by atoms with Crippen molar-refractivity contribution in [3.05, 3.63) is 270 Å². The summed E-state index contributed by atoms with van der Waals surface area (Å²) in [4.78, 5) is 4.76. The number of nitrogens with zero attached hydrogens (tertiary/aromatic N) is 2. The van der Waals surface area contributed by atoms with Gasteiger partial charge in [0.05, 0.1) is 24.9 Å². The van der Waals surface area contributed by atoms with Crippen LogP contribution in [0.1, 0.15) is 27.8 Å². The lowest BCUT2D eigenvalue weighted by Crippen LogP contribution is -2.37. The van der Waals surface area contributed by atoms with Gasteiger partial charge in [0.2, 0.25) is 0 Å². The summed E-state index contributed by atoms with van der Waals surface area (Å²) in [7, 11) is -1.57. The quantitative estimate of drug-likeness (QED) is 0.149. The third-order valence-electron chi connectivity index (χ3n) is 17.0. The lowest BCUT2D eigenvalue weighted by Gasteiger charge is -2.31. The molecule has 2 heterocycles. The topological polar surface area (TPSA) is 32.8 Å². The predicted octanol–water partition coefficient (Wildman–Crippen LogP) is 19.9. The third kappa shape index (κ3) is 6.46. The van der Waals surface area contributed by atoms with Crippen molar-refractivity contribution in [3.8, 4) is 22.3 Å². The highest BCUT2D eigenvalue weighted by molar-refractivity contribution is 6.88. The summed E-state index contributed by atoms with van der Waals surface area (Å²) in [5.74, 6) is 0. The smallest absolute Gasteiger partial charge is 0.159 e. The van der Waals surface area contributed by atoms with E-state index in [4.69, 9.17) is 8.83 Å². The van der Waals surface area contributed by atoms with E-state index in [2.05, 4.69) is 273 Å². The van der Waals surface area contributed by atoms with Crippen LogP contribution in [0.15, 0.2) is 251 Å². The fourth-order valence-corrected chi connectivity index (χ4v) is 14.5. The predicted molar refractivity (Wildman–Crippen MR) is 329 cm³/mol. The first-order valence-electron chi connectivity index (χ1n) is 27.1. The van der Waals surface area contributed by atoms with Gasteiger partial charge in [0.15, 0.2) is 11.2 Å². The van der Waals surface area contributed by atoms with Gasteiger partial charge in [-0.3, -0.25) is 0 Å². The molecule has 12 aromatic carbocycles. The van der Waals surface area contributed by atoms with Gasteiger partial charge in [-0.2, -0.15) is 0 Å². The van der Waals surface area contributed by atoms with E-state index in [-0.39, 0.29) is 0 Å². The summed E-state index contributed by atoms with van der Waals surface area (Å²) < 4.78 is 13.5. The van der Waals surface area contributed by atoms with Crippen LogP contribution in [-0.4, -0.2) is 8.07 Å². The first kappa shape index (κ1) is 44.8. The van der Waals surface area contributed by atoms with Gasteiger partial charge in [0.1, 0.15) is 11.2 Å². The zero-order chi connectivity index (χ0) is 52.0. The van der Waals surface area contributed by atoms with E-state index in [1.54, 1.807) is 0 Å². The minimum absolute atomic E-state index is 0.574. The standard InChI is InChI=1S/C73H52N2O2Si/c1-45-27-31-50(32-28-45)74(67-23-13-19-59-57-17-7-11-25-69(57)76-71(59)67)52-33-29-46-41-61-62-42-47-30-34-53(75(51-35-37-54(38-36-51)78(2,3)4)68-24-14-20-60-58-18-8-12-26-70(58)77-72(60)68)40-49(47)44-66(62)73(65(61)43-48(46)39-52)63-21-9-5-15-55(63)56-16-6-10-22-64(56)73/h5-44H,1-4H3. The van der Waals surface area contributed by atoms with Crippen molar-refractivity contribution in [3.63, 3.8) is 0 Å². The van der Waals surface area contributed by atoms with Crippen molar-refractivity contribution in [2.45, 2.75) is 32.0 Å². The molecule has 2 aliphatic carbocycles. The molecule has 0 radical (unpaired) electrons. The monoisotopic (exact) mass is 1020 g/mol. The van der Waals surface area contributed by atoms with Gasteiger partial charge in [-0.15, -0.1) is 0 Å². The fraction of sp³-hybridized carbons (Fsp3) is 0.0685. The Kier molecular flexibility index (Phi) is 9.51. The van der Waals surface area contributed by atoms with Gasteiger partial charge in [-0.25, -0.2) is 0 Å². The highest BCUT2D eigenvalue weighted by atomic mass is 28.3. The molecule has 4 nitrogen and oxygen atoms in total. The Balaban J connectivity index is 0.914. The normalized spacial score (nSPS) is 13.2. The molecule has 1 spiro atoms.